The monoisotopic (exact) mass is 387 g/mol. The zero-order valence-corrected chi connectivity index (χ0v) is 15.9. The molecule has 2 aromatic rings. The molecule has 5 nitrogen and oxygen atoms in total. The second kappa shape index (κ2) is 6.86. The second-order valence-corrected chi connectivity index (χ2v) is 8.81. The molecule has 1 unspecified atom stereocenters. The van der Waals surface area contributed by atoms with E-state index in [0.29, 0.717) is 31.1 Å². The lowest BCUT2D eigenvalue weighted by Gasteiger charge is -2.15. The van der Waals surface area contributed by atoms with Crippen molar-refractivity contribution in [3.05, 3.63) is 27.9 Å². The van der Waals surface area contributed by atoms with Crippen molar-refractivity contribution in [2.75, 3.05) is 5.32 Å². The van der Waals surface area contributed by atoms with E-state index in [2.05, 4.69) is 15.5 Å². The summed E-state index contributed by atoms with van der Waals surface area (Å²) >= 11 is 1.46. The number of halogens is 1. The van der Waals surface area contributed by atoms with Gasteiger partial charge in [-0.05, 0) is 56.9 Å². The number of rotatable bonds is 4. The van der Waals surface area contributed by atoms with Crippen molar-refractivity contribution < 1.29 is 13.7 Å². The van der Waals surface area contributed by atoms with Crippen LogP contribution in [0.15, 0.2) is 16.2 Å². The molecule has 0 aliphatic heterocycles. The van der Waals surface area contributed by atoms with Crippen LogP contribution in [0.3, 0.4) is 0 Å². The largest absolute Gasteiger partial charge is 0.334 e. The van der Waals surface area contributed by atoms with Crippen molar-refractivity contribution in [1.82, 2.24) is 10.1 Å². The molecule has 0 radical (unpaired) electrons. The number of allylic oxidation sites excluding steroid dienone is 1. The van der Waals surface area contributed by atoms with Crippen molar-refractivity contribution in [2.24, 2.45) is 0 Å². The van der Waals surface area contributed by atoms with E-state index in [1.165, 1.54) is 11.3 Å². The van der Waals surface area contributed by atoms with Crippen LogP contribution in [0, 0.1) is 0 Å². The summed E-state index contributed by atoms with van der Waals surface area (Å²) in [7, 11) is 0. The maximum absolute atomic E-state index is 13.9. The summed E-state index contributed by atoms with van der Waals surface area (Å²) in [6.45, 7) is 0. The van der Waals surface area contributed by atoms with E-state index >= 15 is 0 Å². The van der Waals surface area contributed by atoms with E-state index in [-0.39, 0.29) is 5.91 Å². The minimum absolute atomic E-state index is 0.0618. The lowest BCUT2D eigenvalue weighted by Crippen LogP contribution is -2.16. The van der Waals surface area contributed by atoms with Crippen molar-refractivity contribution in [3.63, 3.8) is 0 Å². The SMILES string of the molecule is O=C(Nc1sc2c(c1-c1nc(C3CC3)no1)CCC(F)C2)C1=CCCCC1. The first-order valence-electron chi connectivity index (χ1n) is 9.82. The normalized spacial score (nSPS) is 22.3. The molecule has 0 bridgehead atoms. The molecule has 1 atom stereocenters. The fraction of sp³-hybridized carbons (Fsp3) is 0.550. The zero-order valence-electron chi connectivity index (χ0n) is 15.1. The third-order valence-electron chi connectivity index (χ3n) is 5.61. The van der Waals surface area contributed by atoms with Gasteiger partial charge >= 0.3 is 0 Å². The van der Waals surface area contributed by atoms with Crippen molar-refractivity contribution in [3.8, 4) is 11.5 Å². The Morgan fingerprint density at radius 1 is 1.26 bits per heavy atom. The van der Waals surface area contributed by atoms with Crippen LogP contribution in [0.25, 0.3) is 11.5 Å². The summed E-state index contributed by atoms with van der Waals surface area (Å²) in [5.41, 5.74) is 2.71. The number of thiophene rings is 1. The molecule has 142 valence electrons. The van der Waals surface area contributed by atoms with Crippen molar-refractivity contribution in [1.29, 1.82) is 0 Å². The number of fused-ring (bicyclic) bond motifs is 1. The van der Waals surface area contributed by atoms with E-state index in [9.17, 15) is 9.18 Å². The Kier molecular flexibility index (Phi) is 4.34. The van der Waals surface area contributed by atoms with Crippen LogP contribution in [0.5, 0.6) is 0 Å². The highest BCUT2D eigenvalue weighted by Gasteiger charge is 2.33. The van der Waals surface area contributed by atoms with Gasteiger partial charge in [0.1, 0.15) is 11.2 Å². The fourth-order valence-electron chi connectivity index (χ4n) is 3.93. The van der Waals surface area contributed by atoms with E-state index in [4.69, 9.17) is 4.52 Å². The molecule has 1 saturated carbocycles. The van der Waals surface area contributed by atoms with Gasteiger partial charge in [0.25, 0.3) is 11.8 Å². The predicted octanol–water partition coefficient (Wildman–Crippen LogP) is 4.94. The smallest absolute Gasteiger partial charge is 0.261 e. The quantitative estimate of drug-likeness (QED) is 0.807. The van der Waals surface area contributed by atoms with Crippen molar-refractivity contribution in [2.45, 2.75) is 69.9 Å². The van der Waals surface area contributed by atoms with Crippen LogP contribution in [0.2, 0.25) is 0 Å². The summed E-state index contributed by atoms with van der Waals surface area (Å²) in [5, 5.41) is 7.91. The molecule has 5 rings (SSSR count). The lowest BCUT2D eigenvalue weighted by molar-refractivity contribution is -0.113. The third kappa shape index (κ3) is 3.33. The van der Waals surface area contributed by atoms with E-state index in [1.54, 1.807) is 0 Å². The molecule has 0 spiro atoms. The van der Waals surface area contributed by atoms with Gasteiger partial charge < -0.3 is 9.84 Å². The van der Waals surface area contributed by atoms with Crippen LogP contribution in [-0.2, 0) is 17.6 Å². The number of nitrogens with zero attached hydrogens (tertiary/aromatic N) is 2. The Labute approximate surface area is 161 Å². The Bertz CT molecular complexity index is 912. The molecule has 2 aromatic heterocycles. The first-order valence-corrected chi connectivity index (χ1v) is 10.6. The molecular weight excluding hydrogens is 365 g/mol. The Balaban J connectivity index is 1.51. The van der Waals surface area contributed by atoms with Gasteiger partial charge in [-0.15, -0.1) is 11.3 Å². The number of nitrogens with one attached hydrogen (secondary N) is 1. The van der Waals surface area contributed by atoms with Gasteiger partial charge in [0.15, 0.2) is 5.82 Å². The highest BCUT2D eigenvalue weighted by molar-refractivity contribution is 7.17. The molecule has 0 saturated heterocycles. The van der Waals surface area contributed by atoms with Crippen LogP contribution >= 0.6 is 11.3 Å². The maximum Gasteiger partial charge on any atom is 0.261 e. The number of carbonyl (C=O) groups is 1. The van der Waals surface area contributed by atoms with Gasteiger partial charge in [-0.1, -0.05) is 11.2 Å². The van der Waals surface area contributed by atoms with E-state index in [1.807, 2.05) is 6.08 Å². The number of aromatic nitrogens is 2. The number of hydrogen-bond donors (Lipinski definition) is 1. The Morgan fingerprint density at radius 3 is 2.93 bits per heavy atom. The molecule has 1 amide bonds. The van der Waals surface area contributed by atoms with Crippen LogP contribution in [-0.4, -0.2) is 22.2 Å². The predicted molar refractivity (Wildman–Crippen MR) is 102 cm³/mol. The van der Waals surface area contributed by atoms with Gasteiger partial charge in [0, 0.05) is 22.8 Å². The van der Waals surface area contributed by atoms with Crippen molar-refractivity contribution >= 4 is 22.2 Å². The second-order valence-electron chi connectivity index (χ2n) is 7.71. The zero-order chi connectivity index (χ0) is 18.4. The van der Waals surface area contributed by atoms with Gasteiger partial charge in [-0.3, -0.25) is 4.79 Å². The third-order valence-corrected chi connectivity index (χ3v) is 6.78. The minimum atomic E-state index is -0.821. The summed E-state index contributed by atoms with van der Waals surface area (Å²) in [5.74, 6) is 1.54. The molecule has 2 heterocycles. The van der Waals surface area contributed by atoms with Gasteiger partial charge in [-0.2, -0.15) is 4.98 Å². The summed E-state index contributed by atoms with van der Waals surface area (Å²) in [6, 6.07) is 0. The first-order chi connectivity index (χ1) is 13.2. The average Bonchev–Trinajstić information content (AvgIpc) is 3.31. The van der Waals surface area contributed by atoms with Crippen LogP contribution in [0.4, 0.5) is 9.39 Å². The van der Waals surface area contributed by atoms with Crippen LogP contribution in [0.1, 0.15) is 67.1 Å². The molecule has 27 heavy (non-hydrogen) atoms. The van der Waals surface area contributed by atoms with Gasteiger partial charge in [-0.25, -0.2) is 4.39 Å². The Morgan fingerprint density at radius 2 is 2.15 bits per heavy atom. The number of alkyl halides is 1. The van der Waals surface area contributed by atoms with Gasteiger partial charge in [0.2, 0.25) is 0 Å². The molecule has 7 heteroatoms. The number of hydrogen-bond acceptors (Lipinski definition) is 5. The molecule has 0 aromatic carbocycles. The Hall–Kier alpha value is -2.02. The van der Waals surface area contributed by atoms with E-state index < -0.39 is 6.17 Å². The molecule has 1 fully saturated rings. The molecule has 3 aliphatic rings. The minimum Gasteiger partial charge on any atom is -0.334 e. The van der Waals surface area contributed by atoms with Crippen LogP contribution < -0.4 is 5.32 Å². The molecular formula is C20H22FN3O2S. The lowest BCUT2D eigenvalue weighted by atomic mass is 9.94. The summed E-state index contributed by atoms with van der Waals surface area (Å²) < 4.78 is 19.5. The topological polar surface area (TPSA) is 68.0 Å². The number of carbonyl (C=O) groups excluding carboxylic acids is 1. The van der Waals surface area contributed by atoms with E-state index in [0.717, 1.165) is 70.9 Å². The highest BCUT2D eigenvalue weighted by Crippen LogP contribution is 2.46. The highest BCUT2D eigenvalue weighted by atomic mass is 32.1. The van der Waals surface area contributed by atoms with Gasteiger partial charge in [0.05, 0.1) is 5.56 Å². The fourth-order valence-corrected chi connectivity index (χ4v) is 5.23. The molecule has 1 N–H and O–H groups in total. The first kappa shape index (κ1) is 17.1. The summed E-state index contributed by atoms with van der Waals surface area (Å²) in [6.07, 6.45) is 8.89. The number of amides is 1. The average molecular weight is 387 g/mol. The number of anilines is 1. The maximum atomic E-state index is 13.9. The summed E-state index contributed by atoms with van der Waals surface area (Å²) in [4.78, 5) is 18.3. The standard InChI is InChI=1S/C20H22FN3O2S/c21-13-8-9-14-15(10-13)27-20(23-18(25)12-4-2-1-3-5-12)16(14)19-22-17(24-26-19)11-6-7-11/h4,11,13H,1-3,5-10H2,(H,23,25). The molecule has 3 aliphatic carbocycles.